The van der Waals surface area contributed by atoms with Crippen molar-refractivity contribution in [3.05, 3.63) is 24.4 Å². The van der Waals surface area contributed by atoms with E-state index in [9.17, 15) is 15.3 Å². The maximum atomic E-state index is 10.5. The highest BCUT2D eigenvalue weighted by molar-refractivity contribution is 8.21. The van der Waals surface area contributed by atoms with E-state index in [0.717, 1.165) is 29.6 Å². The molecule has 0 saturated carbocycles. The molecule has 8 unspecified atom stereocenters. The molecule has 0 bridgehead atoms. The fourth-order valence-electron chi connectivity index (χ4n) is 4.62. The highest BCUT2D eigenvalue weighted by Crippen LogP contribution is 2.33. The van der Waals surface area contributed by atoms with E-state index in [4.69, 9.17) is 25.9 Å². The molecule has 11 heteroatoms. The van der Waals surface area contributed by atoms with Crippen LogP contribution < -0.4 is 11.1 Å². The summed E-state index contributed by atoms with van der Waals surface area (Å²) in [5.41, 5.74) is 6.42. The van der Waals surface area contributed by atoms with Gasteiger partial charge in [0.2, 0.25) is 0 Å². The monoisotopic (exact) mass is 447 g/mol. The first kappa shape index (κ1) is 23.4. The first-order valence-corrected chi connectivity index (χ1v) is 11.8. The molecule has 0 aromatic rings. The smallest absolute Gasteiger partial charge is 0.186 e. The van der Waals surface area contributed by atoms with E-state index in [-0.39, 0.29) is 18.7 Å². The number of nitrogens with one attached hydrogen (secondary N) is 1. The van der Waals surface area contributed by atoms with Crippen molar-refractivity contribution in [2.24, 2.45) is 11.7 Å². The van der Waals surface area contributed by atoms with Crippen molar-refractivity contribution in [3.8, 4) is 0 Å². The zero-order valence-electron chi connectivity index (χ0n) is 16.6. The van der Waals surface area contributed by atoms with Gasteiger partial charge in [0.25, 0.3) is 0 Å². The second kappa shape index (κ2) is 10.3. The lowest BCUT2D eigenvalue weighted by Crippen LogP contribution is -2.64. The summed E-state index contributed by atoms with van der Waals surface area (Å²) in [5.74, 6) is 0.785. The molecule has 164 valence electrons. The number of allylic oxidation sites excluding steroid dienone is 1. The topological polar surface area (TPSA) is 120 Å². The van der Waals surface area contributed by atoms with Crippen molar-refractivity contribution in [2.45, 2.75) is 55.1 Å². The fraction of sp³-hybridized carbons (Fsp3) is 0.778. The molecule has 3 heterocycles. The highest BCUT2D eigenvalue weighted by atomic mass is 35.7. The van der Waals surface area contributed by atoms with Crippen molar-refractivity contribution in [3.63, 3.8) is 0 Å². The molecule has 3 aliphatic rings. The van der Waals surface area contributed by atoms with Crippen LogP contribution in [0.4, 0.5) is 0 Å². The number of nitrogens with two attached hydrogens (primary N) is 1. The number of halogens is 1. The normalized spacial score (nSPS) is 41.6. The van der Waals surface area contributed by atoms with E-state index in [0.29, 0.717) is 18.3 Å². The van der Waals surface area contributed by atoms with Crippen LogP contribution in [0, 0.1) is 5.92 Å². The number of hydrogen-bond donors (Lipinski definition) is 5. The molecule has 3 aliphatic heterocycles. The maximum absolute atomic E-state index is 10.5. The number of nitrogens with zero attached hydrogens (tertiary/aromatic N) is 1. The predicted octanol–water partition coefficient (Wildman–Crippen LogP) is -1.65. The van der Waals surface area contributed by atoms with E-state index in [1.807, 2.05) is 14.1 Å². The van der Waals surface area contributed by atoms with Gasteiger partial charge in [-0.1, -0.05) is 29.7 Å². The van der Waals surface area contributed by atoms with Gasteiger partial charge >= 0.3 is 0 Å². The molecule has 29 heavy (non-hydrogen) atoms. The summed E-state index contributed by atoms with van der Waals surface area (Å²) in [5, 5.41) is 34.2. The summed E-state index contributed by atoms with van der Waals surface area (Å²) >= 11 is 0. The molecule has 8 nitrogen and oxygen atoms in total. The average Bonchev–Trinajstić information content (AvgIpc) is 2.85. The largest absolute Gasteiger partial charge is 0.388 e. The van der Waals surface area contributed by atoms with Gasteiger partial charge in [-0.15, -0.1) is 0 Å². The van der Waals surface area contributed by atoms with Crippen LogP contribution in [0.1, 0.15) is 6.42 Å². The third-order valence-electron chi connectivity index (χ3n) is 6.11. The Morgan fingerprint density at radius 2 is 2.10 bits per heavy atom. The predicted molar refractivity (Wildman–Crippen MR) is 116 cm³/mol. The lowest BCUT2D eigenvalue weighted by molar-refractivity contribution is -0.223. The van der Waals surface area contributed by atoms with Crippen molar-refractivity contribution in [2.75, 3.05) is 25.4 Å². The number of fused-ring (bicyclic) bond motifs is 1. The van der Waals surface area contributed by atoms with E-state index >= 15 is 0 Å². The van der Waals surface area contributed by atoms with Crippen LogP contribution in [0.5, 0.6) is 0 Å². The first-order chi connectivity index (χ1) is 13.9. The Hall–Kier alpha value is -0.295. The van der Waals surface area contributed by atoms with Crippen molar-refractivity contribution in [1.82, 2.24) is 10.1 Å². The van der Waals surface area contributed by atoms with Crippen LogP contribution in [-0.4, -0.2) is 102 Å². The van der Waals surface area contributed by atoms with Gasteiger partial charge in [-0.3, -0.25) is 0 Å². The number of ether oxygens (including phenoxy) is 2. The molecule has 0 spiro atoms. The van der Waals surface area contributed by atoms with Gasteiger partial charge in [-0.25, -0.2) is 0 Å². The fourth-order valence-corrected chi connectivity index (χ4v) is 5.43. The minimum atomic E-state index is -1.35. The van der Waals surface area contributed by atoms with Crippen molar-refractivity contribution in [1.29, 1.82) is 0 Å². The van der Waals surface area contributed by atoms with Gasteiger partial charge in [0.15, 0.2) is 7.98 Å². The SMILES string of the molecule is BN1CC2CC=CCO[C@H]2C1C(=C)NC(CSCl)C1OC(CN)C(O)C(O)C1O. The molecular formula is C18H31BClN3O5S. The molecule has 0 aliphatic carbocycles. The number of aliphatic hydroxyl groups excluding tert-OH is 3. The second-order valence-corrected chi connectivity index (χ2v) is 9.25. The van der Waals surface area contributed by atoms with E-state index < -0.39 is 36.6 Å². The Morgan fingerprint density at radius 3 is 2.79 bits per heavy atom. The molecule has 0 aromatic carbocycles. The zero-order chi connectivity index (χ0) is 21.1. The summed E-state index contributed by atoms with van der Waals surface area (Å²) in [6.07, 6.45) is -0.264. The Morgan fingerprint density at radius 1 is 1.34 bits per heavy atom. The van der Waals surface area contributed by atoms with Crippen LogP contribution in [0.25, 0.3) is 0 Å². The zero-order valence-corrected chi connectivity index (χ0v) is 18.1. The molecule has 2 fully saturated rings. The quantitative estimate of drug-likeness (QED) is 0.231. The molecule has 9 atom stereocenters. The molecule has 0 aromatic heterocycles. The molecule has 0 radical (unpaired) electrons. The first-order valence-electron chi connectivity index (χ1n) is 9.94. The minimum Gasteiger partial charge on any atom is -0.388 e. The Balaban J connectivity index is 1.73. The highest BCUT2D eigenvalue weighted by Gasteiger charge is 2.47. The maximum Gasteiger partial charge on any atom is 0.186 e. The summed E-state index contributed by atoms with van der Waals surface area (Å²) in [7, 11) is 9.05. The molecule has 0 amide bonds. The second-order valence-electron chi connectivity index (χ2n) is 8.05. The summed E-state index contributed by atoms with van der Waals surface area (Å²) in [6.45, 7) is 5.75. The number of hydrogen-bond acceptors (Lipinski definition) is 9. The molecule has 2 saturated heterocycles. The average molecular weight is 448 g/mol. The lowest BCUT2D eigenvalue weighted by atomic mass is 9.91. The van der Waals surface area contributed by atoms with Gasteiger partial charge < -0.3 is 40.7 Å². The van der Waals surface area contributed by atoms with Crippen LogP contribution in [0.2, 0.25) is 0 Å². The van der Waals surface area contributed by atoms with Crippen LogP contribution >= 0.6 is 21.7 Å². The van der Waals surface area contributed by atoms with Gasteiger partial charge in [0.05, 0.1) is 30.9 Å². The Labute approximate surface area is 181 Å². The third-order valence-corrected chi connectivity index (χ3v) is 6.98. The van der Waals surface area contributed by atoms with E-state index in [2.05, 4.69) is 22.8 Å². The lowest BCUT2D eigenvalue weighted by Gasteiger charge is -2.44. The van der Waals surface area contributed by atoms with Crippen LogP contribution in [-0.2, 0) is 9.47 Å². The number of rotatable bonds is 7. The van der Waals surface area contributed by atoms with Gasteiger partial charge in [-0.05, 0) is 23.6 Å². The summed E-state index contributed by atoms with van der Waals surface area (Å²) in [4.78, 5) is 2.22. The Bertz CT molecular complexity index is 604. The third kappa shape index (κ3) is 4.97. The van der Waals surface area contributed by atoms with E-state index in [1.54, 1.807) is 0 Å². The van der Waals surface area contributed by atoms with Gasteiger partial charge in [-0.2, -0.15) is 0 Å². The standard InChI is InChI=1S/C18H31BClN3O5S/c1-9(13-17-10(7-23(13)19)4-2-3-5-27-17)22-11(8-29-20)18-16(26)15(25)14(24)12(6-21)28-18/h2-3,10-18,22,24-26H,1,4-8,19,21H2/t10?,11?,12?,13?,14?,15?,16?,17-,18?/m1/s1. The molecule has 6 N–H and O–H groups in total. The number of aliphatic hydroxyl groups is 3. The van der Waals surface area contributed by atoms with Crippen LogP contribution in [0.15, 0.2) is 24.4 Å². The van der Waals surface area contributed by atoms with Gasteiger partial charge in [0.1, 0.15) is 24.4 Å². The van der Waals surface area contributed by atoms with Crippen molar-refractivity contribution < 1.29 is 24.8 Å². The van der Waals surface area contributed by atoms with Gasteiger partial charge in [0, 0.05) is 23.9 Å². The van der Waals surface area contributed by atoms with E-state index in [1.165, 1.54) is 0 Å². The minimum absolute atomic E-state index is 0.0145. The van der Waals surface area contributed by atoms with Crippen molar-refractivity contribution >= 4 is 29.6 Å². The summed E-state index contributed by atoms with van der Waals surface area (Å²) in [6, 6.07) is -0.475. The molecule has 3 rings (SSSR count). The van der Waals surface area contributed by atoms with Crippen LogP contribution in [0.3, 0.4) is 0 Å². The Kier molecular flexibility index (Phi) is 8.34. The molecular weight excluding hydrogens is 417 g/mol. The summed E-state index contributed by atoms with van der Waals surface area (Å²) < 4.78 is 11.9.